The highest BCUT2D eigenvalue weighted by Crippen LogP contribution is 2.51. The molecule has 2 aliphatic heterocycles. The molecular formula is C26H17F4N3O3S. The van der Waals surface area contributed by atoms with Crippen molar-refractivity contribution in [1.82, 2.24) is 0 Å². The molecule has 1 atom stereocenters. The van der Waals surface area contributed by atoms with Crippen LogP contribution in [0, 0.1) is 17.1 Å². The van der Waals surface area contributed by atoms with Crippen LogP contribution in [0.5, 0.6) is 0 Å². The Balaban J connectivity index is 1.74. The molecule has 0 bridgehead atoms. The number of alkyl halides is 3. The van der Waals surface area contributed by atoms with Gasteiger partial charge in [0.25, 0.3) is 10.0 Å². The van der Waals surface area contributed by atoms with E-state index in [0.717, 1.165) is 28.6 Å². The summed E-state index contributed by atoms with van der Waals surface area (Å²) in [4.78, 5) is -0.368. The quantitative estimate of drug-likeness (QED) is 0.462. The van der Waals surface area contributed by atoms with Gasteiger partial charge in [0.1, 0.15) is 22.4 Å². The molecule has 5 rings (SSSR count). The van der Waals surface area contributed by atoms with Crippen LogP contribution in [0.25, 0.3) is 5.76 Å². The van der Waals surface area contributed by atoms with Gasteiger partial charge in [-0.1, -0.05) is 42.5 Å². The molecule has 0 saturated heterocycles. The van der Waals surface area contributed by atoms with Gasteiger partial charge in [-0.3, -0.25) is 4.31 Å². The highest BCUT2D eigenvalue weighted by Gasteiger charge is 2.47. The summed E-state index contributed by atoms with van der Waals surface area (Å²) in [5.41, 5.74) is 5.51. The van der Waals surface area contributed by atoms with Crippen molar-refractivity contribution >= 4 is 21.5 Å². The molecule has 6 nitrogen and oxygen atoms in total. The van der Waals surface area contributed by atoms with Crippen molar-refractivity contribution in [2.45, 2.75) is 18.6 Å². The van der Waals surface area contributed by atoms with E-state index >= 15 is 0 Å². The molecule has 0 aliphatic carbocycles. The van der Waals surface area contributed by atoms with Crippen LogP contribution in [0.4, 0.5) is 23.2 Å². The van der Waals surface area contributed by atoms with Crippen molar-refractivity contribution in [3.8, 4) is 6.07 Å². The molecule has 2 N–H and O–H groups in total. The topological polar surface area (TPSA) is 96.4 Å². The van der Waals surface area contributed by atoms with Crippen molar-refractivity contribution in [2.75, 3.05) is 4.31 Å². The number of hydrogen-bond donors (Lipinski definition) is 1. The van der Waals surface area contributed by atoms with E-state index in [4.69, 9.17) is 10.5 Å². The average Bonchev–Trinajstić information content (AvgIpc) is 2.86. The number of benzene rings is 3. The summed E-state index contributed by atoms with van der Waals surface area (Å²) in [6, 6.07) is 17.7. The van der Waals surface area contributed by atoms with E-state index in [9.17, 15) is 31.2 Å². The van der Waals surface area contributed by atoms with Crippen molar-refractivity contribution < 1.29 is 30.7 Å². The molecular weight excluding hydrogens is 510 g/mol. The van der Waals surface area contributed by atoms with Gasteiger partial charge in [0.2, 0.25) is 5.88 Å². The van der Waals surface area contributed by atoms with Crippen molar-refractivity contribution in [2.24, 2.45) is 5.73 Å². The molecule has 0 unspecified atom stereocenters. The lowest BCUT2D eigenvalue weighted by Crippen LogP contribution is -2.39. The van der Waals surface area contributed by atoms with Crippen LogP contribution in [0.1, 0.15) is 28.2 Å². The number of hydrogen-bond acceptors (Lipinski definition) is 5. The zero-order valence-corrected chi connectivity index (χ0v) is 19.6. The van der Waals surface area contributed by atoms with Gasteiger partial charge in [-0.2, -0.15) is 18.4 Å². The Bertz CT molecular complexity index is 1620. The van der Waals surface area contributed by atoms with E-state index in [0.29, 0.717) is 5.56 Å². The maximum atomic E-state index is 14.5. The lowest BCUT2D eigenvalue weighted by Gasteiger charge is -2.38. The van der Waals surface area contributed by atoms with Crippen molar-refractivity contribution in [3.05, 3.63) is 117 Å². The summed E-state index contributed by atoms with van der Waals surface area (Å²) < 4.78 is 88.9. The highest BCUT2D eigenvalue weighted by molar-refractivity contribution is 7.96. The fraction of sp³-hybridized carbons (Fsp3) is 0.115. The van der Waals surface area contributed by atoms with Gasteiger partial charge in [-0.25, -0.2) is 12.8 Å². The summed E-state index contributed by atoms with van der Waals surface area (Å²) in [6.07, 6.45) is -4.61. The van der Waals surface area contributed by atoms with E-state index in [1.807, 2.05) is 6.07 Å². The minimum atomic E-state index is -4.61. The van der Waals surface area contributed by atoms with Gasteiger partial charge in [0, 0.05) is 11.1 Å². The van der Waals surface area contributed by atoms with E-state index in [1.54, 1.807) is 24.3 Å². The molecule has 3 aromatic carbocycles. The van der Waals surface area contributed by atoms with Crippen LogP contribution in [0.2, 0.25) is 0 Å². The number of rotatable bonds is 3. The zero-order chi connectivity index (χ0) is 26.5. The summed E-state index contributed by atoms with van der Waals surface area (Å²) >= 11 is 0. The molecule has 2 aliphatic rings. The summed E-state index contributed by atoms with van der Waals surface area (Å²) in [6.45, 7) is -0.371. The summed E-state index contributed by atoms with van der Waals surface area (Å²) in [5, 5.41) is 9.84. The molecule has 0 fully saturated rings. The number of fused-ring (bicyclic) bond motifs is 2. The Morgan fingerprint density at radius 3 is 2.30 bits per heavy atom. The maximum Gasteiger partial charge on any atom is 0.416 e. The highest BCUT2D eigenvalue weighted by atomic mass is 32.2. The Morgan fingerprint density at radius 1 is 1.00 bits per heavy atom. The second kappa shape index (κ2) is 8.67. The third kappa shape index (κ3) is 3.99. The fourth-order valence-corrected chi connectivity index (χ4v) is 6.36. The molecule has 0 spiro atoms. The van der Waals surface area contributed by atoms with Gasteiger partial charge in [-0.05, 0) is 35.9 Å². The Morgan fingerprint density at radius 2 is 1.65 bits per heavy atom. The number of nitriles is 1. The van der Waals surface area contributed by atoms with Gasteiger partial charge >= 0.3 is 6.18 Å². The predicted molar refractivity (Wildman–Crippen MR) is 127 cm³/mol. The molecule has 2 heterocycles. The second-order valence-corrected chi connectivity index (χ2v) is 10.2. The fourth-order valence-electron chi connectivity index (χ4n) is 4.46. The van der Waals surface area contributed by atoms with Crippen molar-refractivity contribution in [1.29, 1.82) is 5.26 Å². The van der Waals surface area contributed by atoms with Crippen LogP contribution in [0.15, 0.2) is 89.2 Å². The SMILES string of the molecule is N#CC1=C(N)OC2=C([C@@H]1c1ccc(C(F)(F)F)cc1)S(=O)(=O)N(Cc1ccccc1F)c1ccccc12. The largest absolute Gasteiger partial charge is 0.439 e. The van der Waals surface area contributed by atoms with Crippen LogP contribution in [-0.2, 0) is 27.5 Å². The smallest absolute Gasteiger partial charge is 0.416 e. The zero-order valence-electron chi connectivity index (χ0n) is 18.8. The van der Waals surface area contributed by atoms with Gasteiger partial charge in [0.15, 0.2) is 5.76 Å². The number of ether oxygens (including phenoxy) is 1. The molecule has 0 saturated carbocycles. The average molecular weight is 527 g/mol. The minimum absolute atomic E-state index is 0.0945. The molecule has 11 heteroatoms. The van der Waals surface area contributed by atoms with Crippen molar-refractivity contribution in [3.63, 3.8) is 0 Å². The van der Waals surface area contributed by atoms with Crippen LogP contribution in [0.3, 0.4) is 0 Å². The molecule has 37 heavy (non-hydrogen) atoms. The molecule has 0 radical (unpaired) electrons. The Hall–Kier alpha value is -4.30. The first-order valence-electron chi connectivity index (χ1n) is 10.9. The predicted octanol–water partition coefficient (Wildman–Crippen LogP) is 5.37. The maximum absolute atomic E-state index is 14.5. The lowest BCUT2D eigenvalue weighted by molar-refractivity contribution is -0.137. The van der Waals surface area contributed by atoms with Crippen LogP contribution in [-0.4, -0.2) is 8.42 Å². The minimum Gasteiger partial charge on any atom is -0.439 e. The monoisotopic (exact) mass is 527 g/mol. The van der Waals surface area contributed by atoms with Gasteiger partial charge in [0.05, 0.1) is 23.7 Å². The number of nitrogens with zero attached hydrogens (tertiary/aromatic N) is 2. The van der Waals surface area contributed by atoms with Gasteiger partial charge in [-0.15, -0.1) is 0 Å². The third-order valence-corrected chi connectivity index (χ3v) is 8.08. The van der Waals surface area contributed by atoms with E-state index < -0.39 is 33.5 Å². The first-order chi connectivity index (χ1) is 17.5. The number of anilines is 1. The van der Waals surface area contributed by atoms with Crippen LogP contribution < -0.4 is 10.0 Å². The molecule has 0 aromatic heterocycles. The first-order valence-corrected chi connectivity index (χ1v) is 12.3. The molecule has 188 valence electrons. The molecule has 0 amide bonds. The first kappa shape index (κ1) is 24.4. The van der Waals surface area contributed by atoms with Crippen LogP contribution >= 0.6 is 0 Å². The Labute approximate surface area is 209 Å². The number of allylic oxidation sites excluding steroid dienone is 2. The number of halogens is 4. The standard InChI is InChI=1S/C26H17F4N3O3S/c27-20-7-3-1-5-16(20)14-33-21-8-4-2-6-18(21)23-24(37(33,34)35)22(19(13-31)25(32)36-23)15-9-11-17(12-10-15)26(28,29)30/h1-12,22H,14,32H2/t22-/m1/s1. The lowest BCUT2D eigenvalue weighted by atomic mass is 9.88. The van der Waals surface area contributed by atoms with E-state index in [1.165, 1.54) is 24.3 Å². The Kier molecular flexibility index (Phi) is 5.72. The van der Waals surface area contributed by atoms with E-state index in [2.05, 4.69) is 0 Å². The second-order valence-electron chi connectivity index (χ2n) is 8.36. The number of para-hydroxylation sites is 1. The van der Waals surface area contributed by atoms with E-state index in [-0.39, 0.29) is 45.5 Å². The summed E-state index contributed by atoms with van der Waals surface area (Å²) in [7, 11) is -4.50. The third-order valence-electron chi connectivity index (χ3n) is 6.20. The number of sulfonamides is 1. The molecule has 3 aromatic rings. The normalized spacial score (nSPS) is 18.6. The van der Waals surface area contributed by atoms with Gasteiger partial charge < -0.3 is 10.5 Å². The summed E-state index contributed by atoms with van der Waals surface area (Å²) in [5.74, 6) is -2.46. The number of nitrogens with two attached hydrogens (primary N) is 1.